The van der Waals surface area contributed by atoms with E-state index in [1.165, 1.54) is 15.0 Å². The third-order valence-electron chi connectivity index (χ3n) is 9.45. The lowest BCUT2D eigenvalue weighted by Gasteiger charge is -2.42. The summed E-state index contributed by atoms with van der Waals surface area (Å²) < 4.78 is 1.22. The van der Waals surface area contributed by atoms with Gasteiger partial charge in [0.1, 0.15) is 12.1 Å². The Morgan fingerprint density at radius 1 is 0.933 bits per heavy atom. The molecule has 2 N–H and O–H groups in total. The van der Waals surface area contributed by atoms with Crippen molar-refractivity contribution in [2.75, 3.05) is 0 Å². The van der Waals surface area contributed by atoms with E-state index in [9.17, 15) is 19.5 Å². The number of benzene rings is 3. The first kappa shape index (κ1) is 33.0. The number of unbranched alkanes of at least 4 members (excludes halogenated alkanes) is 2. The molecular formula is C39H44O4SSi. The van der Waals surface area contributed by atoms with Gasteiger partial charge in [-0.2, -0.15) is 0 Å². The first-order chi connectivity index (χ1) is 21.7. The van der Waals surface area contributed by atoms with E-state index in [0.29, 0.717) is 19.3 Å². The van der Waals surface area contributed by atoms with Crippen LogP contribution in [0.5, 0.6) is 0 Å². The van der Waals surface area contributed by atoms with E-state index in [4.69, 9.17) is 0 Å². The summed E-state index contributed by atoms with van der Waals surface area (Å²) in [4.78, 5) is 37.7. The molecule has 0 aliphatic heterocycles. The van der Waals surface area contributed by atoms with Crippen LogP contribution in [0.2, 0.25) is 5.04 Å². The van der Waals surface area contributed by atoms with Gasteiger partial charge in [0.25, 0.3) is 8.32 Å². The van der Waals surface area contributed by atoms with Crippen LogP contribution in [0, 0.1) is 11.8 Å². The second-order valence-electron chi connectivity index (χ2n) is 12.9. The Bertz CT molecular complexity index is 1550. The minimum absolute atomic E-state index is 0.0220. The summed E-state index contributed by atoms with van der Waals surface area (Å²) in [6, 6.07) is 30.9. The van der Waals surface area contributed by atoms with Gasteiger partial charge in [0.15, 0.2) is 0 Å². The van der Waals surface area contributed by atoms with Gasteiger partial charge >= 0.3 is 0 Å². The fourth-order valence-corrected chi connectivity index (χ4v) is 11.8. The summed E-state index contributed by atoms with van der Waals surface area (Å²) >= 11 is 1.77. The highest BCUT2D eigenvalue weighted by molar-refractivity contribution is 7.19. The van der Waals surface area contributed by atoms with Crippen LogP contribution in [0.25, 0.3) is 10.1 Å². The SMILES string of the molecule is CC(C)(C[C@H](/C=C/[C@H]1[C@H](O)CC(=O)[C@@H]1C/C=C\CCCC=O)c1cc2ccccc2s1)[Si](O)(c1ccccc1)c1ccccc1. The predicted octanol–water partition coefficient (Wildman–Crippen LogP) is 7.35. The lowest BCUT2D eigenvalue weighted by atomic mass is 9.87. The minimum atomic E-state index is -3.26. The van der Waals surface area contributed by atoms with Crippen LogP contribution in [-0.2, 0) is 9.59 Å². The lowest BCUT2D eigenvalue weighted by Crippen LogP contribution is -2.65. The Labute approximate surface area is 272 Å². The van der Waals surface area contributed by atoms with Crippen molar-refractivity contribution in [2.24, 2.45) is 11.8 Å². The van der Waals surface area contributed by atoms with E-state index >= 15 is 0 Å². The zero-order chi connectivity index (χ0) is 31.9. The van der Waals surface area contributed by atoms with Crippen molar-refractivity contribution in [3.63, 3.8) is 0 Å². The van der Waals surface area contributed by atoms with Crippen LogP contribution in [0.1, 0.15) is 63.2 Å². The van der Waals surface area contributed by atoms with Gasteiger partial charge in [-0.05, 0) is 58.6 Å². The topological polar surface area (TPSA) is 74.6 Å². The third kappa shape index (κ3) is 7.36. The maximum absolute atomic E-state index is 13.0. The van der Waals surface area contributed by atoms with E-state index < -0.39 is 19.5 Å². The molecule has 5 rings (SSSR count). The number of rotatable bonds is 14. The smallest absolute Gasteiger partial charge is 0.258 e. The van der Waals surface area contributed by atoms with Crippen molar-refractivity contribution in [1.29, 1.82) is 0 Å². The van der Waals surface area contributed by atoms with E-state index in [0.717, 1.165) is 29.5 Å². The normalized spacial score (nSPS) is 20.0. The average molecular weight is 637 g/mol. The number of aliphatic hydroxyl groups is 1. The Hall–Kier alpha value is -3.42. The standard InChI is InChI=1S/C39H44O4SSi/c1-39(2,45(43,31-17-8-6-9-18-31)32-19-10-7-11-20-32)28-30(38-26-29-16-13-14-22-37(29)44-38)23-24-34-33(35(41)27-36(34)42)21-12-4-3-5-15-25-40/h4,6-14,16-20,22-26,30,33-34,36,42-43H,3,5,15,21,27-28H2,1-2H3/b12-4-,24-23+/t30-,33+,34+,36+/m0/s1. The van der Waals surface area contributed by atoms with Crippen molar-refractivity contribution in [3.05, 3.63) is 120 Å². The van der Waals surface area contributed by atoms with Gasteiger partial charge in [-0.15, -0.1) is 11.3 Å². The van der Waals surface area contributed by atoms with Crippen molar-refractivity contribution >= 4 is 52.2 Å². The molecule has 1 aliphatic rings. The van der Waals surface area contributed by atoms with Crippen molar-refractivity contribution in [1.82, 2.24) is 0 Å². The highest BCUT2D eigenvalue weighted by Crippen LogP contribution is 2.47. The maximum Gasteiger partial charge on any atom is 0.258 e. The lowest BCUT2D eigenvalue weighted by molar-refractivity contribution is -0.121. The van der Waals surface area contributed by atoms with Gasteiger partial charge in [-0.3, -0.25) is 4.79 Å². The number of Topliss-reactive ketones (excluding diaryl/α,β-unsaturated/α-hetero) is 1. The third-order valence-corrected chi connectivity index (χ3v) is 15.2. The second-order valence-corrected chi connectivity index (χ2v) is 18.0. The van der Waals surface area contributed by atoms with Gasteiger partial charge in [-0.1, -0.05) is 117 Å². The van der Waals surface area contributed by atoms with Crippen molar-refractivity contribution < 1.29 is 19.5 Å². The molecule has 1 heterocycles. The minimum Gasteiger partial charge on any atom is -0.424 e. The molecule has 4 nitrogen and oxygen atoms in total. The van der Waals surface area contributed by atoms with E-state index in [-0.39, 0.29) is 30.0 Å². The van der Waals surface area contributed by atoms with Crippen LogP contribution in [-0.4, -0.2) is 36.4 Å². The monoisotopic (exact) mass is 636 g/mol. The van der Waals surface area contributed by atoms with Crippen LogP contribution in [0.15, 0.2) is 115 Å². The fraction of sp³-hybridized carbons (Fsp3) is 0.333. The number of ketones is 1. The molecule has 0 bridgehead atoms. The summed E-state index contributed by atoms with van der Waals surface area (Å²) in [5.41, 5.74) is 0. The summed E-state index contributed by atoms with van der Waals surface area (Å²) in [6.07, 6.45) is 12.2. The summed E-state index contributed by atoms with van der Waals surface area (Å²) in [5, 5.41) is 13.7. The number of hydrogen-bond acceptors (Lipinski definition) is 5. The number of aliphatic hydroxyl groups excluding tert-OH is 1. The molecule has 45 heavy (non-hydrogen) atoms. The highest BCUT2D eigenvalue weighted by atomic mass is 32.1. The molecule has 1 saturated carbocycles. The molecule has 6 heteroatoms. The van der Waals surface area contributed by atoms with Crippen LogP contribution in [0.4, 0.5) is 0 Å². The number of aldehydes is 1. The summed E-state index contributed by atoms with van der Waals surface area (Å²) in [5.74, 6) is -0.458. The maximum atomic E-state index is 13.0. The molecule has 0 saturated heterocycles. The summed E-state index contributed by atoms with van der Waals surface area (Å²) in [6.45, 7) is 4.39. The van der Waals surface area contributed by atoms with Crippen molar-refractivity contribution in [3.8, 4) is 0 Å². The molecule has 1 aromatic heterocycles. The zero-order valence-electron chi connectivity index (χ0n) is 26.2. The fourth-order valence-electron chi connectivity index (χ4n) is 6.92. The van der Waals surface area contributed by atoms with Gasteiger partial charge in [0.2, 0.25) is 0 Å². The number of carbonyl (C=O) groups excluding carboxylic acids is 2. The first-order valence-corrected chi connectivity index (χ1v) is 18.8. The zero-order valence-corrected chi connectivity index (χ0v) is 28.0. The Kier molecular flexibility index (Phi) is 10.8. The molecule has 0 amide bonds. The van der Waals surface area contributed by atoms with Gasteiger partial charge in [0, 0.05) is 40.2 Å². The van der Waals surface area contributed by atoms with E-state index in [2.05, 4.69) is 80.6 Å². The molecule has 0 spiro atoms. The van der Waals surface area contributed by atoms with Gasteiger partial charge in [-0.25, -0.2) is 0 Å². The molecule has 234 valence electrons. The van der Waals surface area contributed by atoms with E-state index in [1.807, 2.05) is 48.6 Å². The molecule has 4 aromatic rings. The molecule has 1 fully saturated rings. The molecular weight excluding hydrogens is 593 g/mol. The molecule has 0 radical (unpaired) electrons. The molecule has 1 aliphatic carbocycles. The molecule has 3 aromatic carbocycles. The molecule has 0 unspecified atom stereocenters. The van der Waals surface area contributed by atoms with E-state index in [1.54, 1.807) is 11.3 Å². The highest BCUT2D eigenvalue weighted by Gasteiger charge is 2.50. The number of hydrogen-bond donors (Lipinski definition) is 2. The van der Waals surface area contributed by atoms with Crippen LogP contribution < -0.4 is 10.4 Å². The quantitative estimate of drug-likeness (QED) is 0.0657. The first-order valence-electron chi connectivity index (χ1n) is 16.0. The van der Waals surface area contributed by atoms with Crippen LogP contribution >= 0.6 is 11.3 Å². The average Bonchev–Trinajstić information content (AvgIpc) is 3.60. The van der Waals surface area contributed by atoms with Gasteiger partial charge in [0.05, 0.1) is 6.10 Å². The summed E-state index contributed by atoms with van der Waals surface area (Å²) in [7, 11) is -3.26. The largest absolute Gasteiger partial charge is 0.424 e. The molecule has 4 atom stereocenters. The van der Waals surface area contributed by atoms with Crippen molar-refractivity contribution in [2.45, 2.75) is 69.4 Å². The number of thiophene rings is 1. The predicted molar refractivity (Wildman–Crippen MR) is 189 cm³/mol. The van der Waals surface area contributed by atoms with Gasteiger partial charge < -0.3 is 14.7 Å². The number of allylic oxidation sites excluding steroid dienone is 3. The Balaban J connectivity index is 1.49. The number of fused-ring (bicyclic) bond motifs is 1. The second kappa shape index (κ2) is 14.8. The van der Waals surface area contributed by atoms with Crippen LogP contribution in [0.3, 0.4) is 0 Å². The number of carbonyl (C=O) groups is 2. The Morgan fingerprint density at radius 3 is 2.22 bits per heavy atom. The Morgan fingerprint density at radius 2 is 1.58 bits per heavy atom.